The molecule has 0 unspecified atom stereocenters. The number of piperazine rings is 1. The number of halogens is 4. The summed E-state index contributed by atoms with van der Waals surface area (Å²) in [4.78, 5) is 2.22. The van der Waals surface area contributed by atoms with Gasteiger partial charge < -0.3 is 10.1 Å². The summed E-state index contributed by atoms with van der Waals surface area (Å²) in [5, 5.41) is 3.33. The van der Waals surface area contributed by atoms with E-state index in [1.54, 1.807) is 6.07 Å². The Labute approximate surface area is 122 Å². The molecule has 0 bridgehead atoms. The number of hydrogen-bond acceptors (Lipinski definition) is 3. The first-order valence-corrected chi connectivity index (χ1v) is 6.23. The van der Waals surface area contributed by atoms with Gasteiger partial charge in [-0.05, 0) is 24.6 Å². The van der Waals surface area contributed by atoms with Gasteiger partial charge in [0, 0.05) is 32.2 Å². The van der Waals surface area contributed by atoms with Crippen molar-refractivity contribution in [2.75, 3.05) is 19.6 Å². The molecule has 0 amide bonds. The van der Waals surface area contributed by atoms with Crippen LogP contribution in [0.1, 0.15) is 12.5 Å². The molecule has 1 aromatic rings. The molecular weight excluding hydrogens is 293 g/mol. The molecule has 1 heterocycles. The van der Waals surface area contributed by atoms with Gasteiger partial charge in [-0.3, -0.25) is 4.90 Å². The van der Waals surface area contributed by atoms with Crippen molar-refractivity contribution < 1.29 is 17.9 Å². The van der Waals surface area contributed by atoms with Crippen LogP contribution in [0.3, 0.4) is 0 Å². The number of ether oxygens (including phenoxy) is 1. The van der Waals surface area contributed by atoms with E-state index in [0.29, 0.717) is 12.6 Å². The van der Waals surface area contributed by atoms with Crippen LogP contribution in [-0.2, 0) is 6.54 Å². The summed E-state index contributed by atoms with van der Waals surface area (Å²) in [6, 6.07) is 6.57. The quantitative estimate of drug-likeness (QED) is 0.929. The fourth-order valence-corrected chi connectivity index (χ4v) is 2.25. The van der Waals surface area contributed by atoms with E-state index in [1.807, 2.05) is 6.07 Å². The van der Waals surface area contributed by atoms with Gasteiger partial charge in [-0.2, -0.15) is 0 Å². The highest BCUT2D eigenvalue weighted by molar-refractivity contribution is 5.85. The van der Waals surface area contributed by atoms with Gasteiger partial charge in [-0.15, -0.1) is 25.6 Å². The SMILES string of the molecule is C[C@@H]1CN(Cc2cccc(OC(F)(F)F)c2)CCN1.Cl. The molecule has 0 radical (unpaired) electrons. The third kappa shape index (κ3) is 5.56. The molecule has 3 nitrogen and oxygen atoms in total. The Balaban J connectivity index is 0.00000200. The molecule has 0 aliphatic carbocycles. The first-order valence-electron chi connectivity index (χ1n) is 6.23. The van der Waals surface area contributed by atoms with E-state index in [4.69, 9.17) is 0 Å². The van der Waals surface area contributed by atoms with Crippen molar-refractivity contribution in [1.29, 1.82) is 0 Å². The highest BCUT2D eigenvalue weighted by Crippen LogP contribution is 2.23. The zero-order valence-corrected chi connectivity index (χ0v) is 11.9. The maximum atomic E-state index is 12.1. The topological polar surface area (TPSA) is 24.5 Å². The van der Waals surface area contributed by atoms with E-state index >= 15 is 0 Å². The van der Waals surface area contributed by atoms with Crippen LogP contribution in [0.5, 0.6) is 5.75 Å². The van der Waals surface area contributed by atoms with E-state index in [9.17, 15) is 13.2 Å². The molecule has 1 saturated heterocycles. The van der Waals surface area contributed by atoms with Crippen molar-refractivity contribution in [3.63, 3.8) is 0 Å². The summed E-state index contributed by atoms with van der Waals surface area (Å²) >= 11 is 0. The lowest BCUT2D eigenvalue weighted by Crippen LogP contribution is -2.48. The highest BCUT2D eigenvalue weighted by atomic mass is 35.5. The zero-order chi connectivity index (χ0) is 13.9. The van der Waals surface area contributed by atoms with Crippen LogP contribution in [0.4, 0.5) is 13.2 Å². The monoisotopic (exact) mass is 310 g/mol. The number of nitrogens with one attached hydrogen (secondary N) is 1. The second-order valence-electron chi connectivity index (χ2n) is 4.79. The Morgan fingerprint density at radius 2 is 2.15 bits per heavy atom. The van der Waals surface area contributed by atoms with Gasteiger partial charge in [-0.1, -0.05) is 12.1 Å². The van der Waals surface area contributed by atoms with Crippen molar-refractivity contribution in [1.82, 2.24) is 10.2 Å². The van der Waals surface area contributed by atoms with Crippen molar-refractivity contribution in [3.8, 4) is 5.75 Å². The summed E-state index contributed by atoms with van der Waals surface area (Å²) in [5.74, 6) is -0.159. The fourth-order valence-electron chi connectivity index (χ4n) is 2.25. The molecule has 1 N–H and O–H groups in total. The number of hydrogen-bond donors (Lipinski definition) is 1. The van der Waals surface area contributed by atoms with Gasteiger partial charge in [0.1, 0.15) is 5.75 Å². The maximum absolute atomic E-state index is 12.1. The first-order chi connectivity index (χ1) is 8.92. The van der Waals surface area contributed by atoms with Crippen LogP contribution in [0.15, 0.2) is 24.3 Å². The smallest absolute Gasteiger partial charge is 0.406 e. The fraction of sp³-hybridized carbons (Fsp3) is 0.538. The van der Waals surface area contributed by atoms with Crippen LogP contribution >= 0.6 is 12.4 Å². The molecule has 114 valence electrons. The Kier molecular flexibility index (Phi) is 6.10. The van der Waals surface area contributed by atoms with Crippen molar-refractivity contribution in [3.05, 3.63) is 29.8 Å². The van der Waals surface area contributed by atoms with Crippen molar-refractivity contribution >= 4 is 12.4 Å². The van der Waals surface area contributed by atoms with Crippen LogP contribution in [-0.4, -0.2) is 36.9 Å². The van der Waals surface area contributed by atoms with Gasteiger partial charge in [0.2, 0.25) is 0 Å². The second kappa shape index (κ2) is 7.15. The lowest BCUT2D eigenvalue weighted by Gasteiger charge is -2.31. The van der Waals surface area contributed by atoms with Gasteiger partial charge in [0.25, 0.3) is 0 Å². The molecule has 0 saturated carbocycles. The Bertz CT molecular complexity index is 428. The number of nitrogens with zero attached hydrogens (tertiary/aromatic N) is 1. The third-order valence-corrected chi connectivity index (χ3v) is 2.99. The molecule has 2 rings (SSSR count). The molecule has 0 spiro atoms. The average Bonchev–Trinajstić information content (AvgIpc) is 2.27. The molecular formula is C13H18ClF3N2O. The van der Waals surface area contributed by atoms with Crippen LogP contribution < -0.4 is 10.1 Å². The van der Waals surface area contributed by atoms with E-state index in [0.717, 1.165) is 25.2 Å². The van der Waals surface area contributed by atoms with E-state index in [1.165, 1.54) is 12.1 Å². The normalized spacial score (nSPS) is 20.3. The molecule has 7 heteroatoms. The van der Waals surface area contributed by atoms with Crippen LogP contribution in [0.25, 0.3) is 0 Å². The Morgan fingerprint density at radius 1 is 1.40 bits per heavy atom. The Hall–Kier alpha value is -0.980. The van der Waals surface area contributed by atoms with Gasteiger partial charge in [0.15, 0.2) is 0 Å². The maximum Gasteiger partial charge on any atom is 0.573 e. The molecule has 20 heavy (non-hydrogen) atoms. The van der Waals surface area contributed by atoms with Crippen LogP contribution in [0, 0.1) is 0 Å². The molecule has 1 aliphatic rings. The van der Waals surface area contributed by atoms with E-state index < -0.39 is 6.36 Å². The predicted molar refractivity (Wildman–Crippen MR) is 73.1 cm³/mol. The Morgan fingerprint density at radius 3 is 2.80 bits per heavy atom. The zero-order valence-electron chi connectivity index (χ0n) is 11.1. The second-order valence-corrected chi connectivity index (χ2v) is 4.79. The molecule has 1 fully saturated rings. The largest absolute Gasteiger partial charge is 0.573 e. The van der Waals surface area contributed by atoms with E-state index in [-0.39, 0.29) is 18.2 Å². The molecule has 1 aliphatic heterocycles. The first kappa shape index (κ1) is 17.1. The standard InChI is InChI=1S/C13H17F3N2O.ClH/c1-10-8-18(6-5-17-10)9-11-3-2-4-12(7-11)19-13(14,15)16;/h2-4,7,10,17H,5-6,8-9H2,1H3;1H/t10-;/m1./s1. The van der Waals surface area contributed by atoms with Gasteiger partial charge in [-0.25, -0.2) is 0 Å². The van der Waals surface area contributed by atoms with Crippen molar-refractivity contribution in [2.45, 2.75) is 25.9 Å². The average molecular weight is 311 g/mol. The number of alkyl halides is 3. The summed E-state index contributed by atoms with van der Waals surface area (Å²) in [7, 11) is 0. The molecule has 1 aromatic carbocycles. The van der Waals surface area contributed by atoms with Gasteiger partial charge in [0.05, 0.1) is 0 Å². The van der Waals surface area contributed by atoms with E-state index in [2.05, 4.69) is 21.9 Å². The number of rotatable bonds is 3. The summed E-state index contributed by atoms with van der Waals surface area (Å²) in [6.45, 7) is 5.43. The summed E-state index contributed by atoms with van der Waals surface area (Å²) in [5.41, 5.74) is 0.829. The predicted octanol–water partition coefficient (Wildman–Crippen LogP) is 2.80. The number of benzene rings is 1. The minimum atomic E-state index is -4.64. The highest BCUT2D eigenvalue weighted by Gasteiger charge is 2.31. The molecule has 0 aromatic heterocycles. The summed E-state index contributed by atoms with van der Waals surface area (Å²) < 4.78 is 40.3. The minimum absolute atomic E-state index is 0. The third-order valence-electron chi connectivity index (χ3n) is 2.99. The lowest BCUT2D eigenvalue weighted by atomic mass is 10.1. The van der Waals surface area contributed by atoms with Gasteiger partial charge >= 0.3 is 6.36 Å². The lowest BCUT2D eigenvalue weighted by molar-refractivity contribution is -0.274. The van der Waals surface area contributed by atoms with Crippen LogP contribution in [0.2, 0.25) is 0 Å². The van der Waals surface area contributed by atoms with Crippen molar-refractivity contribution in [2.24, 2.45) is 0 Å². The summed E-state index contributed by atoms with van der Waals surface area (Å²) in [6.07, 6.45) is -4.64. The minimum Gasteiger partial charge on any atom is -0.406 e. The molecule has 1 atom stereocenters.